The fourth-order valence-corrected chi connectivity index (χ4v) is 2.53. The van der Waals surface area contributed by atoms with Crippen LogP contribution in [0.15, 0.2) is 30.3 Å². The summed E-state index contributed by atoms with van der Waals surface area (Å²) < 4.78 is 17.4. The topological polar surface area (TPSA) is 66.8 Å². The van der Waals surface area contributed by atoms with E-state index < -0.39 is 5.97 Å². The number of aryl methyl sites for hydroxylation is 1. The molecule has 2 aromatic rings. The van der Waals surface area contributed by atoms with Crippen LogP contribution in [-0.4, -0.2) is 37.1 Å². The largest absolute Gasteiger partial charge is 0.497 e. The van der Waals surface area contributed by atoms with E-state index in [1.165, 1.54) is 6.08 Å². The van der Waals surface area contributed by atoms with Crippen molar-refractivity contribution in [1.29, 1.82) is 0 Å². The van der Waals surface area contributed by atoms with Crippen molar-refractivity contribution >= 4 is 17.8 Å². The van der Waals surface area contributed by atoms with Crippen molar-refractivity contribution in [2.45, 2.75) is 13.8 Å². The quantitative estimate of drug-likeness (QED) is 0.433. The molecule has 1 heterocycles. The van der Waals surface area contributed by atoms with Crippen molar-refractivity contribution in [3.8, 4) is 11.5 Å². The number of methoxy groups -OCH3 is 2. The molecule has 0 aliphatic heterocycles. The lowest BCUT2D eigenvalue weighted by molar-refractivity contribution is -0.136. The van der Waals surface area contributed by atoms with Gasteiger partial charge in [0, 0.05) is 35.6 Å². The maximum absolute atomic E-state index is 12.2. The van der Waals surface area contributed by atoms with Gasteiger partial charge in [-0.2, -0.15) is 0 Å². The zero-order valence-electron chi connectivity index (χ0n) is 15.7. The van der Waals surface area contributed by atoms with E-state index in [-0.39, 0.29) is 12.4 Å². The second kappa shape index (κ2) is 8.38. The number of benzene rings is 1. The first-order valence-electron chi connectivity index (χ1n) is 8.10. The van der Waals surface area contributed by atoms with Crippen molar-refractivity contribution in [2.75, 3.05) is 20.8 Å². The Hall–Kier alpha value is -3.02. The molecule has 26 heavy (non-hydrogen) atoms. The van der Waals surface area contributed by atoms with Gasteiger partial charge in [0.05, 0.1) is 14.2 Å². The van der Waals surface area contributed by atoms with Gasteiger partial charge in [-0.15, -0.1) is 0 Å². The summed E-state index contributed by atoms with van der Waals surface area (Å²) in [4.78, 5) is 24.2. The highest BCUT2D eigenvalue weighted by Crippen LogP contribution is 2.25. The summed E-state index contributed by atoms with van der Waals surface area (Å²) in [5, 5.41) is 0. The van der Waals surface area contributed by atoms with Gasteiger partial charge in [0.1, 0.15) is 11.5 Å². The SMILES string of the molecule is COc1ccc(OC)c(/C=C/C(=O)OCC(=O)c2cc(C)n(C)c2C)c1. The number of nitrogens with zero attached hydrogens (tertiary/aromatic N) is 1. The molecule has 6 heteroatoms. The summed E-state index contributed by atoms with van der Waals surface area (Å²) in [7, 11) is 4.99. The first-order chi connectivity index (χ1) is 12.4. The molecule has 1 aromatic heterocycles. The first-order valence-corrected chi connectivity index (χ1v) is 8.10. The normalized spacial score (nSPS) is 10.8. The number of aromatic nitrogens is 1. The van der Waals surface area contributed by atoms with Gasteiger partial charge in [-0.05, 0) is 44.2 Å². The highest BCUT2D eigenvalue weighted by Gasteiger charge is 2.15. The standard InChI is InChI=1S/C20H23NO5/c1-13-10-17(14(2)21(13)3)18(22)12-26-20(23)9-6-15-11-16(24-4)7-8-19(15)25-5/h6-11H,12H2,1-5H3/b9-6+. The lowest BCUT2D eigenvalue weighted by Gasteiger charge is -2.07. The average Bonchev–Trinajstić information content (AvgIpc) is 2.91. The molecule has 2 rings (SSSR count). The van der Waals surface area contributed by atoms with Crippen LogP contribution in [0.25, 0.3) is 6.08 Å². The molecule has 0 saturated carbocycles. The number of carbonyl (C=O) groups is 2. The first kappa shape index (κ1) is 19.3. The monoisotopic (exact) mass is 357 g/mol. The molecule has 0 unspecified atom stereocenters. The van der Waals surface area contributed by atoms with E-state index in [0.717, 1.165) is 11.4 Å². The van der Waals surface area contributed by atoms with Crippen LogP contribution in [0.4, 0.5) is 0 Å². The summed E-state index contributed by atoms with van der Waals surface area (Å²) in [5.74, 6) is 0.408. The van der Waals surface area contributed by atoms with Crippen molar-refractivity contribution in [1.82, 2.24) is 4.57 Å². The smallest absolute Gasteiger partial charge is 0.331 e. The number of hydrogen-bond acceptors (Lipinski definition) is 5. The van der Waals surface area contributed by atoms with Gasteiger partial charge in [0.15, 0.2) is 6.61 Å². The molecule has 138 valence electrons. The Labute approximate surface area is 153 Å². The predicted octanol–water partition coefficient (Wildman–Crippen LogP) is 3.10. The summed E-state index contributed by atoms with van der Waals surface area (Å²) in [6, 6.07) is 7.04. The van der Waals surface area contributed by atoms with Crippen LogP contribution in [0.2, 0.25) is 0 Å². The zero-order valence-corrected chi connectivity index (χ0v) is 15.7. The molecular weight excluding hydrogens is 334 g/mol. The van der Waals surface area contributed by atoms with E-state index >= 15 is 0 Å². The van der Waals surface area contributed by atoms with Crippen LogP contribution >= 0.6 is 0 Å². The maximum Gasteiger partial charge on any atom is 0.331 e. The Balaban J connectivity index is 2.01. The van der Waals surface area contributed by atoms with Crippen LogP contribution in [0.5, 0.6) is 11.5 Å². The Kier molecular flexibility index (Phi) is 6.22. The third kappa shape index (κ3) is 4.33. The number of Topliss-reactive ketones (excluding diaryl/α,β-unsaturated/α-hetero) is 1. The molecular formula is C20H23NO5. The fourth-order valence-electron chi connectivity index (χ4n) is 2.53. The Morgan fingerprint density at radius 2 is 1.85 bits per heavy atom. The predicted molar refractivity (Wildman–Crippen MR) is 98.8 cm³/mol. The molecule has 0 N–H and O–H groups in total. The number of esters is 1. The molecule has 0 amide bonds. The van der Waals surface area contributed by atoms with Crippen LogP contribution in [0.3, 0.4) is 0 Å². The maximum atomic E-state index is 12.2. The van der Waals surface area contributed by atoms with E-state index in [1.807, 2.05) is 25.5 Å². The third-order valence-electron chi connectivity index (χ3n) is 4.26. The van der Waals surface area contributed by atoms with Gasteiger partial charge in [-0.1, -0.05) is 0 Å². The van der Waals surface area contributed by atoms with E-state index in [0.29, 0.717) is 22.6 Å². The molecule has 6 nitrogen and oxygen atoms in total. The molecule has 0 bridgehead atoms. The molecule has 0 aliphatic rings. The number of hydrogen-bond donors (Lipinski definition) is 0. The lowest BCUT2D eigenvalue weighted by atomic mass is 10.1. The molecule has 1 aromatic carbocycles. The molecule has 0 atom stereocenters. The van der Waals surface area contributed by atoms with Crippen molar-refractivity contribution in [3.05, 3.63) is 52.9 Å². The van der Waals surface area contributed by atoms with Gasteiger partial charge in [-0.3, -0.25) is 4.79 Å². The van der Waals surface area contributed by atoms with Gasteiger partial charge in [0.2, 0.25) is 5.78 Å². The Bertz CT molecular complexity index is 848. The molecule has 0 fully saturated rings. The third-order valence-corrected chi connectivity index (χ3v) is 4.26. The number of ketones is 1. The van der Waals surface area contributed by atoms with Crippen LogP contribution in [-0.2, 0) is 16.6 Å². The Morgan fingerprint density at radius 1 is 1.12 bits per heavy atom. The minimum absolute atomic E-state index is 0.230. The zero-order chi connectivity index (χ0) is 19.3. The molecule has 0 aliphatic carbocycles. The van der Waals surface area contributed by atoms with Gasteiger partial charge < -0.3 is 18.8 Å². The summed E-state index contributed by atoms with van der Waals surface area (Å²) in [6.07, 6.45) is 2.82. The van der Waals surface area contributed by atoms with Crippen LogP contribution in [0, 0.1) is 13.8 Å². The number of carbonyl (C=O) groups excluding carboxylic acids is 2. The second-order valence-electron chi connectivity index (χ2n) is 5.82. The Morgan fingerprint density at radius 3 is 2.42 bits per heavy atom. The number of rotatable bonds is 7. The van der Waals surface area contributed by atoms with Gasteiger partial charge in [-0.25, -0.2) is 4.79 Å². The van der Waals surface area contributed by atoms with Crippen LogP contribution in [0.1, 0.15) is 27.3 Å². The summed E-state index contributed by atoms with van der Waals surface area (Å²) in [5.41, 5.74) is 3.06. The summed E-state index contributed by atoms with van der Waals surface area (Å²) >= 11 is 0. The van der Waals surface area contributed by atoms with Gasteiger partial charge in [0.25, 0.3) is 0 Å². The van der Waals surface area contributed by atoms with E-state index in [9.17, 15) is 9.59 Å². The van der Waals surface area contributed by atoms with E-state index in [4.69, 9.17) is 14.2 Å². The summed E-state index contributed by atoms with van der Waals surface area (Å²) in [6.45, 7) is 3.47. The van der Waals surface area contributed by atoms with Crippen molar-refractivity contribution in [2.24, 2.45) is 7.05 Å². The lowest BCUT2D eigenvalue weighted by Crippen LogP contribution is -2.13. The van der Waals surface area contributed by atoms with E-state index in [1.54, 1.807) is 44.6 Å². The van der Waals surface area contributed by atoms with Gasteiger partial charge >= 0.3 is 5.97 Å². The van der Waals surface area contributed by atoms with Crippen molar-refractivity contribution < 1.29 is 23.8 Å². The average molecular weight is 357 g/mol. The molecule has 0 spiro atoms. The minimum Gasteiger partial charge on any atom is -0.497 e. The number of ether oxygens (including phenoxy) is 3. The highest BCUT2D eigenvalue weighted by molar-refractivity contribution is 6.00. The highest BCUT2D eigenvalue weighted by atomic mass is 16.5. The van der Waals surface area contributed by atoms with Crippen LogP contribution < -0.4 is 9.47 Å². The second-order valence-corrected chi connectivity index (χ2v) is 5.82. The fraction of sp³-hybridized carbons (Fsp3) is 0.300. The molecule has 0 radical (unpaired) electrons. The molecule has 0 saturated heterocycles. The van der Waals surface area contributed by atoms with Crippen molar-refractivity contribution in [3.63, 3.8) is 0 Å². The van der Waals surface area contributed by atoms with E-state index in [2.05, 4.69) is 0 Å². The minimum atomic E-state index is -0.603.